The summed E-state index contributed by atoms with van der Waals surface area (Å²) in [7, 11) is 4.12. The van der Waals surface area contributed by atoms with Crippen molar-refractivity contribution < 1.29 is 4.79 Å². The molecule has 6 heteroatoms. The molecular weight excluding hydrogens is 292 g/mol. The molecule has 1 aliphatic heterocycles. The monoisotopic (exact) mass is 320 g/mol. The van der Waals surface area contributed by atoms with Gasteiger partial charge in [0.15, 0.2) is 0 Å². The van der Waals surface area contributed by atoms with Gasteiger partial charge in [-0.3, -0.25) is 9.59 Å². The van der Waals surface area contributed by atoms with Gasteiger partial charge in [-0.15, -0.1) is 0 Å². The molecule has 128 valence electrons. The van der Waals surface area contributed by atoms with Gasteiger partial charge in [0, 0.05) is 31.7 Å². The molecule has 0 aliphatic carbocycles. The Morgan fingerprint density at radius 1 is 1.30 bits per heavy atom. The molecule has 1 aromatic heterocycles. The first-order valence-corrected chi connectivity index (χ1v) is 8.51. The number of likely N-dealkylation sites (N-methyl/N-ethyl adjacent to an activating group) is 1. The quantitative estimate of drug-likeness (QED) is 0.796. The Morgan fingerprint density at radius 2 is 2.04 bits per heavy atom. The van der Waals surface area contributed by atoms with Crippen molar-refractivity contribution in [2.75, 3.05) is 27.2 Å². The van der Waals surface area contributed by atoms with Crippen LogP contribution in [0.2, 0.25) is 0 Å². The Morgan fingerprint density at radius 3 is 2.61 bits per heavy atom. The third-order valence-electron chi connectivity index (χ3n) is 4.69. The van der Waals surface area contributed by atoms with E-state index >= 15 is 0 Å². The zero-order chi connectivity index (χ0) is 17.0. The van der Waals surface area contributed by atoms with Gasteiger partial charge < -0.3 is 9.80 Å². The highest BCUT2D eigenvalue weighted by molar-refractivity contribution is 5.92. The highest BCUT2D eigenvalue weighted by atomic mass is 16.2. The SMILES string of the molecule is CCCCn1nc(C(=O)N2CC(CC)C(N(C)C)C2)ccc1=O. The predicted octanol–water partition coefficient (Wildman–Crippen LogP) is 1.46. The summed E-state index contributed by atoms with van der Waals surface area (Å²) in [5, 5.41) is 4.27. The Bertz CT molecular complexity index is 597. The summed E-state index contributed by atoms with van der Waals surface area (Å²) < 4.78 is 1.41. The van der Waals surface area contributed by atoms with Crippen LogP contribution in [0.5, 0.6) is 0 Å². The number of likely N-dealkylation sites (tertiary alicyclic amines) is 1. The smallest absolute Gasteiger partial charge is 0.274 e. The van der Waals surface area contributed by atoms with Crippen molar-refractivity contribution in [2.24, 2.45) is 5.92 Å². The number of amides is 1. The number of carbonyl (C=O) groups is 1. The summed E-state index contributed by atoms with van der Waals surface area (Å²) in [5.41, 5.74) is 0.226. The summed E-state index contributed by atoms with van der Waals surface area (Å²) in [5.74, 6) is 0.415. The number of aryl methyl sites for hydroxylation is 1. The standard InChI is InChI=1S/C17H28N4O2/c1-5-7-10-21-16(22)9-8-14(18-21)17(23)20-11-13(6-2)15(12-20)19(3)4/h8-9,13,15H,5-7,10-12H2,1-4H3. The number of rotatable bonds is 6. The fourth-order valence-electron chi connectivity index (χ4n) is 3.20. The van der Waals surface area contributed by atoms with E-state index in [-0.39, 0.29) is 11.5 Å². The van der Waals surface area contributed by atoms with E-state index in [1.165, 1.54) is 10.7 Å². The minimum Gasteiger partial charge on any atom is -0.335 e. The van der Waals surface area contributed by atoms with E-state index in [1.807, 2.05) is 4.90 Å². The minimum atomic E-state index is -0.144. The molecule has 1 aromatic rings. The van der Waals surface area contributed by atoms with E-state index in [4.69, 9.17) is 0 Å². The summed E-state index contributed by atoms with van der Waals surface area (Å²) in [6.45, 7) is 6.28. The van der Waals surface area contributed by atoms with Crippen LogP contribution in [0.15, 0.2) is 16.9 Å². The molecule has 23 heavy (non-hydrogen) atoms. The number of nitrogens with zero attached hydrogens (tertiary/aromatic N) is 4. The van der Waals surface area contributed by atoms with Gasteiger partial charge in [0.1, 0.15) is 5.69 Å². The lowest BCUT2D eigenvalue weighted by molar-refractivity contribution is 0.0772. The number of aromatic nitrogens is 2. The fraction of sp³-hybridized carbons (Fsp3) is 0.706. The summed E-state index contributed by atoms with van der Waals surface area (Å²) >= 11 is 0. The van der Waals surface area contributed by atoms with Gasteiger partial charge in [0.25, 0.3) is 11.5 Å². The first kappa shape index (κ1) is 17.7. The molecule has 0 spiro atoms. The Labute approximate surface area is 138 Å². The number of carbonyl (C=O) groups excluding carboxylic acids is 1. The maximum atomic E-state index is 12.7. The van der Waals surface area contributed by atoms with Crippen LogP contribution in [0, 0.1) is 5.92 Å². The van der Waals surface area contributed by atoms with Crippen LogP contribution in [0.3, 0.4) is 0 Å². The maximum Gasteiger partial charge on any atom is 0.274 e. The van der Waals surface area contributed by atoms with Gasteiger partial charge in [0.05, 0.1) is 0 Å². The predicted molar refractivity (Wildman–Crippen MR) is 90.6 cm³/mol. The average molecular weight is 320 g/mol. The van der Waals surface area contributed by atoms with Gasteiger partial charge in [-0.25, -0.2) is 4.68 Å². The molecule has 6 nitrogen and oxygen atoms in total. The van der Waals surface area contributed by atoms with Crippen molar-refractivity contribution in [1.29, 1.82) is 0 Å². The van der Waals surface area contributed by atoms with Gasteiger partial charge in [-0.2, -0.15) is 5.10 Å². The Hall–Kier alpha value is -1.69. The second kappa shape index (κ2) is 7.73. The normalized spacial score (nSPS) is 21.2. The van der Waals surface area contributed by atoms with E-state index in [9.17, 15) is 9.59 Å². The van der Waals surface area contributed by atoms with Crippen LogP contribution in [0.25, 0.3) is 0 Å². The summed E-state index contributed by atoms with van der Waals surface area (Å²) in [6, 6.07) is 3.39. The van der Waals surface area contributed by atoms with Crippen molar-refractivity contribution in [2.45, 2.75) is 45.7 Å². The van der Waals surface area contributed by atoms with Crippen LogP contribution in [0.4, 0.5) is 0 Å². The molecule has 1 saturated heterocycles. The molecular formula is C17H28N4O2. The van der Waals surface area contributed by atoms with Gasteiger partial charge in [-0.1, -0.05) is 26.7 Å². The third-order valence-corrected chi connectivity index (χ3v) is 4.69. The lowest BCUT2D eigenvalue weighted by atomic mass is 10.0. The number of hydrogen-bond donors (Lipinski definition) is 0. The Kier molecular flexibility index (Phi) is 5.93. The zero-order valence-corrected chi connectivity index (χ0v) is 14.7. The molecule has 0 N–H and O–H groups in total. The molecule has 2 atom stereocenters. The lowest BCUT2D eigenvalue weighted by Crippen LogP contribution is -2.37. The Balaban J connectivity index is 2.16. The molecule has 0 saturated carbocycles. The van der Waals surface area contributed by atoms with Crippen molar-refractivity contribution in [3.05, 3.63) is 28.2 Å². The fourth-order valence-corrected chi connectivity index (χ4v) is 3.20. The second-order valence-electron chi connectivity index (χ2n) is 6.54. The largest absolute Gasteiger partial charge is 0.335 e. The number of hydrogen-bond acceptors (Lipinski definition) is 4. The van der Waals surface area contributed by atoms with Crippen LogP contribution in [-0.4, -0.2) is 58.7 Å². The van der Waals surface area contributed by atoms with Crippen molar-refractivity contribution in [1.82, 2.24) is 19.6 Å². The summed E-state index contributed by atoms with van der Waals surface area (Å²) in [6.07, 6.45) is 2.92. The molecule has 1 fully saturated rings. The highest BCUT2D eigenvalue weighted by Crippen LogP contribution is 2.24. The first-order valence-electron chi connectivity index (χ1n) is 8.51. The average Bonchev–Trinajstić information content (AvgIpc) is 2.98. The van der Waals surface area contributed by atoms with E-state index in [1.54, 1.807) is 6.07 Å². The van der Waals surface area contributed by atoms with Gasteiger partial charge in [0.2, 0.25) is 0 Å². The molecule has 2 rings (SSSR count). The lowest BCUT2D eigenvalue weighted by Gasteiger charge is -2.23. The molecule has 1 aliphatic rings. The van der Waals surface area contributed by atoms with Crippen molar-refractivity contribution in [3.8, 4) is 0 Å². The number of unbranched alkanes of at least 4 members (excludes halogenated alkanes) is 1. The minimum absolute atomic E-state index is 0.0713. The maximum absolute atomic E-state index is 12.7. The molecule has 0 bridgehead atoms. The second-order valence-corrected chi connectivity index (χ2v) is 6.54. The molecule has 1 amide bonds. The molecule has 0 aromatic carbocycles. The molecule has 2 heterocycles. The topological polar surface area (TPSA) is 58.4 Å². The molecule has 2 unspecified atom stereocenters. The van der Waals surface area contributed by atoms with E-state index in [0.29, 0.717) is 24.2 Å². The van der Waals surface area contributed by atoms with Crippen LogP contribution in [-0.2, 0) is 6.54 Å². The first-order chi connectivity index (χ1) is 11.0. The van der Waals surface area contributed by atoms with Gasteiger partial charge >= 0.3 is 0 Å². The highest BCUT2D eigenvalue weighted by Gasteiger charge is 2.36. The molecule has 0 radical (unpaired) electrons. The zero-order valence-electron chi connectivity index (χ0n) is 14.7. The van der Waals surface area contributed by atoms with Crippen LogP contribution >= 0.6 is 0 Å². The van der Waals surface area contributed by atoms with E-state index < -0.39 is 0 Å². The van der Waals surface area contributed by atoms with Crippen LogP contribution < -0.4 is 5.56 Å². The van der Waals surface area contributed by atoms with Crippen molar-refractivity contribution >= 4 is 5.91 Å². The van der Waals surface area contributed by atoms with E-state index in [2.05, 4.69) is 37.9 Å². The van der Waals surface area contributed by atoms with E-state index in [0.717, 1.165) is 32.4 Å². The summed E-state index contributed by atoms with van der Waals surface area (Å²) in [4.78, 5) is 28.6. The van der Waals surface area contributed by atoms with Crippen molar-refractivity contribution in [3.63, 3.8) is 0 Å². The van der Waals surface area contributed by atoms with Gasteiger partial charge in [-0.05, 0) is 32.5 Å². The third kappa shape index (κ3) is 3.99. The van der Waals surface area contributed by atoms with Crippen LogP contribution in [0.1, 0.15) is 43.6 Å².